The van der Waals surface area contributed by atoms with E-state index in [1.54, 1.807) is 4.90 Å². The number of nitrogens with zero attached hydrogens (tertiary/aromatic N) is 1. The van der Waals surface area contributed by atoms with E-state index in [-0.39, 0.29) is 24.6 Å². The molecular formula is C33H38N2O5. The normalized spacial score (nSPS) is 14.5. The number of alkyl carbamates (subject to hydrolysis) is 1. The zero-order valence-electron chi connectivity index (χ0n) is 23.1. The van der Waals surface area contributed by atoms with Crippen molar-refractivity contribution in [1.29, 1.82) is 0 Å². The quantitative estimate of drug-likeness (QED) is 0.234. The van der Waals surface area contributed by atoms with Crippen molar-refractivity contribution in [3.63, 3.8) is 0 Å². The minimum Gasteiger partial charge on any atom is -0.467 e. The number of carbonyl (C=O) groups excluding carboxylic acids is 3. The Morgan fingerprint density at radius 2 is 1.48 bits per heavy atom. The zero-order valence-corrected chi connectivity index (χ0v) is 23.1. The molecule has 1 saturated heterocycles. The third-order valence-corrected chi connectivity index (χ3v) is 7.29. The van der Waals surface area contributed by atoms with Crippen LogP contribution in [0, 0.1) is 0 Å². The summed E-state index contributed by atoms with van der Waals surface area (Å²) < 4.78 is 10.1. The lowest BCUT2D eigenvalue weighted by Gasteiger charge is -2.22. The van der Waals surface area contributed by atoms with Crippen molar-refractivity contribution in [1.82, 2.24) is 10.2 Å². The number of ether oxygens (including phenoxy) is 2. The first kappa shape index (κ1) is 28.9. The lowest BCUT2D eigenvalue weighted by Crippen LogP contribution is -2.41. The van der Waals surface area contributed by atoms with Gasteiger partial charge in [0.2, 0.25) is 5.91 Å². The van der Waals surface area contributed by atoms with Gasteiger partial charge in [0.1, 0.15) is 12.6 Å². The summed E-state index contributed by atoms with van der Waals surface area (Å²) in [5.41, 5.74) is 5.60. The summed E-state index contributed by atoms with van der Waals surface area (Å²) >= 11 is 0. The fourth-order valence-corrected chi connectivity index (χ4v) is 4.99. The van der Waals surface area contributed by atoms with Gasteiger partial charge in [0, 0.05) is 19.5 Å². The number of unbranched alkanes of at least 4 members (excludes halogenated alkanes) is 1. The first-order valence-corrected chi connectivity index (χ1v) is 14.0. The molecule has 3 aromatic carbocycles. The van der Waals surface area contributed by atoms with Gasteiger partial charge in [-0.05, 0) is 66.3 Å². The number of hydrogen-bond donors (Lipinski definition) is 1. The molecule has 1 heterocycles. The highest BCUT2D eigenvalue weighted by Crippen LogP contribution is 2.23. The Hall–Kier alpha value is -4.13. The van der Waals surface area contributed by atoms with Crippen LogP contribution in [0.4, 0.5) is 4.79 Å². The molecule has 210 valence electrons. The Bertz CT molecular complexity index is 1240. The molecule has 1 N–H and O–H groups in total. The summed E-state index contributed by atoms with van der Waals surface area (Å²) in [4.78, 5) is 38.1. The monoisotopic (exact) mass is 542 g/mol. The molecule has 0 spiro atoms. The average Bonchev–Trinajstić information content (AvgIpc) is 3.50. The first-order chi connectivity index (χ1) is 19.5. The summed E-state index contributed by atoms with van der Waals surface area (Å²) in [6, 6.07) is 26.1. The Kier molecular flexibility index (Phi) is 10.7. The predicted octanol–water partition coefficient (Wildman–Crippen LogP) is 5.70. The maximum atomic E-state index is 12.7. The van der Waals surface area contributed by atoms with Crippen molar-refractivity contribution < 1.29 is 23.9 Å². The van der Waals surface area contributed by atoms with E-state index in [9.17, 15) is 14.4 Å². The highest BCUT2D eigenvalue weighted by molar-refractivity contribution is 5.85. The standard InChI is InChI=1S/C33H38N2O5/c1-39-32(37)30-11-7-23-35(30)31(36)21-16-26-14-19-29(20-15-26)28-17-12-25(13-18-28)8-5-6-22-34-33(38)40-24-27-9-3-2-4-10-27/h2-4,9-10,12-15,17-20,30H,5-8,11,16,21-24H2,1H3,(H,34,38)/t30-/m0/s1. The molecule has 1 aliphatic heterocycles. The Balaban J connectivity index is 1.15. The van der Waals surface area contributed by atoms with E-state index in [2.05, 4.69) is 53.8 Å². The fourth-order valence-electron chi connectivity index (χ4n) is 4.99. The van der Waals surface area contributed by atoms with Crippen LogP contribution in [0.5, 0.6) is 0 Å². The topological polar surface area (TPSA) is 84.9 Å². The highest BCUT2D eigenvalue weighted by Gasteiger charge is 2.34. The van der Waals surface area contributed by atoms with Crippen LogP contribution in [0.15, 0.2) is 78.9 Å². The number of aryl methyl sites for hydroxylation is 2. The number of methoxy groups -OCH3 is 1. The van der Waals surface area contributed by atoms with Crippen molar-refractivity contribution in [3.8, 4) is 11.1 Å². The molecule has 4 rings (SSSR count). The van der Waals surface area contributed by atoms with Gasteiger partial charge in [-0.3, -0.25) is 4.79 Å². The predicted molar refractivity (Wildman–Crippen MR) is 155 cm³/mol. The number of esters is 1. The van der Waals surface area contributed by atoms with E-state index in [1.807, 2.05) is 30.3 Å². The number of likely N-dealkylation sites (tertiary alicyclic amines) is 1. The van der Waals surface area contributed by atoms with Crippen molar-refractivity contribution in [2.24, 2.45) is 0 Å². The van der Waals surface area contributed by atoms with Crippen molar-refractivity contribution in [2.75, 3.05) is 20.2 Å². The van der Waals surface area contributed by atoms with Gasteiger partial charge in [0.25, 0.3) is 0 Å². The fraction of sp³-hybridized carbons (Fsp3) is 0.364. The first-order valence-electron chi connectivity index (χ1n) is 14.0. The summed E-state index contributed by atoms with van der Waals surface area (Å²) in [6.45, 7) is 1.49. The van der Waals surface area contributed by atoms with E-state index < -0.39 is 6.04 Å². The Labute approximate surface area is 236 Å². The maximum Gasteiger partial charge on any atom is 0.407 e. The average molecular weight is 543 g/mol. The molecule has 0 radical (unpaired) electrons. The molecule has 0 bridgehead atoms. The van der Waals surface area contributed by atoms with Gasteiger partial charge in [-0.2, -0.15) is 0 Å². The summed E-state index contributed by atoms with van der Waals surface area (Å²) in [5, 5.41) is 2.81. The van der Waals surface area contributed by atoms with Gasteiger partial charge < -0.3 is 19.7 Å². The van der Waals surface area contributed by atoms with Crippen LogP contribution >= 0.6 is 0 Å². The number of amides is 2. The van der Waals surface area contributed by atoms with Gasteiger partial charge in [0.15, 0.2) is 0 Å². The number of hydrogen-bond acceptors (Lipinski definition) is 5. The van der Waals surface area contributed by atoms with E-state index >= 15 is 0 Å². The molecule has 7 heteroatoms. The smallest absolute Gasteiger partial charge is 0.407 e. The summed E-state index contributed by atoms with van der Waals surface area (Å²) in [5.74, 6) is -0.318. The second-order valence-electron chi connectivity index (χ2n) is 10.1. The number of rotatable bonds is 12. The third kappa shape index (κ3) is 8.43. The molecule has 0 aromatic heterocycles. The molecular weight excluding hydrogens is 504 g/mol. The van der Waals surface area contributed by atoms with Gasteiger partial charge in [-0.1, -0.05) is 78.9 Å². The van der Waals surface area contributed by atoms with Gasteiger partial charge >= 0.3 is 12.1 Å². The van der Waals surface area contributed by atoms with E-state index in [0.717, 1.165) is 47.9 Å². The number of carbonyl (C=O) groups is 3. The highest BCUT2D eigenvalue weighted by atomic mass is 16.5. The molecule has 3 aromatic rings. The molecule has 1 fully saturated rings. The Morgan fingerprint density at radius 3 is 2.12 bits per heavy atom. The van der Waals surface area contributed by atoms with Gasteiger partial charge in [-0.15, -0.1) is 0 Å². The second-order valence-corrected chi connectivity index (χ2v) is 10.1. The third-order valence-electron chi connectivity index (χ3n) is 7.29. The van der Waals surface area contributed by atoms with Crippen LogP contribution in [-0.2, 0) is 38.5 Å². The lowest BCUT2D eigenvalue weighted by atomic mass is 9.99. The van der Waals surface area contributed by atoms with Crippen molar-refractivity contribution >= 4 is 18.0 Å². The largest absolute Gasteiger partial charge is 0.467 e. The van der Waals surface area contributed by atoms with Crippen LogP contribution in [0.25, 0.3) is 11.1 Å². The summed E-state index contributed by atoms with van der Waals surface area (Å²) in [6.07, 6.45) is 4.95. The number of nitrogens with one attached hydrogen (secondary N) is 1. The SMILES string of the molecule is COC(=O)[C@@H]1CCCN1C(=O)CCc1ccc(-c2ccc(CCCCNC(=O)OCc3ccccc3)cc2)cc1. The van der Waals surface area contributed by atoms with Gasteiger partial charge in [0.05, 0.1) is 7.11 Å². The molecule has 1 atom stereocenters. The van der Waals surface area contributed by atoms with Crippen molar-refractivity contribution in [3.05, 3.63) is 95.6 Å². The van der Waals surface area contributed by atoms with Crippen molar-refractivity contribution in [2.45, 2.75) is 57.6 Å². The number of benzene rings is 3. The lowest BCUT2D eigenvalue weighted by molar-refractivity contribution is -0.150. The molecule has 40 heavy (non-hydrogen) atoms. The molecule has 0 saturated carbocycles. The van der Waals surface area contributed by atoms with Crippen LogP contribution < -0.4 is 5.32 Å². The van der Waals surface area contributed by atoms with E-state index in [1.165, 1.54) is 12.7 Å². The second kappa shape index (κ2) is 14.9. The minimum absolute atomic E-state index is 0.00587. The maximum absolute atomic E-state index is 12.7. The molecule has 7 nitrogen and oxygen atoms in total. The molecule has 1 aliphatic rings. The minimum atomic E-state index is -0.437. The summed E-state index contributed by atoms with van der Waals surface area (Å²) in [7, 11) is 1.37. The molecule has 2 amide bonds. The molecule has 0 aliphatic carbocycles. The van der Waals surface area contributed by atoms with E-state index in [0.29, 0.717) is 32.4 Å². The Morgan fingerprint density at radius 1 is 0.825 bits per heavy atom. The van der Waals surface area contributed by atoms with Crippen LogP contribution in [0.3, 0.4) is 0 Å². The van der Waals surface area contributed by atoms with Crippen LogP contribution in [0.2, 0.25) is 0 Å². The van der Waals surface area contributed by atoms with Gasteiger partial charge in [-0.25, -0.2) is 9.59 Å². The van der Waals surface area contributed by atoms with E-state index in [4.69, 9.17) is 9.47 Å². The molecule has 0 unspecified atom stereocenters. The zero-order chi connectivity index (χ0) is 28.2. The van der Waals surface area contributed by atoms with Crippen LogP contribution in [0.1, 0.15) is 48.8 Å². The van der Waals surface area contributed by atoms with Crippen LogP contribution in [-0.4, -0.2) is 49.1 Å².